The highest BCUT2D eigenvalue weighted by Gasteiger charge is 2.16. The minimum absolute atomic E-state index is 0.000306. The fourth-order valence-electron chi connectivity index (χ4n) is 2.46. The molecule has 144 valence electrons. The predicted molar refractivity (Wildman–Crippen MR) is 97.4 cm³/mol. The predicted octanol–water partition coefficient (Wildman–Crippen LogP) is 2.09. The SMILES string of the molecule is COc1ccc2cc(C(C)C(=O)NNC(=O)CCCO[N+](=O)[O-])ccc2c1. The van der Waals surface area contributed by atoms with Gasteiger partial charge in [0, 0.05) is 6.42 Å². The highest BCUT2D eigenvalue weighted by atomic mass is 16.9. The van der Waals surface area contributed by atoms with E-state index < -0.39 is 16.9 Å². The van der Waals surface area contributed by atoms with Crippen molar-refractivity contribution in [3.05, 3.63) is 52.1 Å². The van der Waals surface area contributed by atoms with E-state index in [4.69, 9.17) is 4.74 Å². The van der Waals surface area contributed by atoms with E-state index in [2.05, 4.69) is 15.7 Å². The molecule has 9 nitrogen and oxygen atoms in total. The summed E-state index contributed by atoms with van der Waals surface area (Å²) >= 11 is 0. The summed E-state index contributed by atoms with van der Waals surface area (Å²) in [5, 5.41) is 11.1. The molecule has 2 aromatic carbocycles. The highest BCUT2D eigenvalue weighted by Crippen LogP contribution is 2.25. The molecule has 1 atom stereocenters. The zero-order valence-corrected chi connectivity index (χ0v) is 15.1. The van der Waals surface area contributed by atoms with E-state index in [1.165, 1.54) is 0 Å². The standard InChI is InChI=1S/C18H21N3O6/c1-12(18(23)20-19-17(22)4-3-9-27-21(24)25)13-5-6-15-11-16(26-2)8-7-14(15)10-13/h5-8,10-12H,3-4,9H2,1-2H3,(H,19,22)(H,20,23). The van der Waals surface area contributed by atoms with Crippen molar-refractivity contribution in [2.75, 3.05) is 13.7 Å². The van der Waals surface area contributed by atoms with Gasteiger partial charge in [0.2, 0.25) is 11.8 Å². The maximum atomic E-state index is 12.2. The van der Waals surface area contributed by atoms with Crippen molar-refractivity contribution < 1.29 is 24.3 Å². The molecule has 1 unspecified atom stereocenters. The minimum Gasteiger partial charge on any atom is -0.497 e. The summed E-state index contributed by atoms with van der Waals surface area (Å²) < 4.78 is 5.19. The molecule has 0 aliphatic rings. The smallest absolute Gasteiger partial charge is 0.294 e. The Labute approximate surface area is 155 Å². The van der Waals surface area contributed by atoms with E-state index in [1.54, 1.807) is 14.0 Å². The number of amides is 2. The van der Waals surface area contributed by atoms with Crippen LogP contribution in [-0.4, -0.2) is 30.6 Å². The number of hydrogen-bond acceptors (Lipinski definition) is 6. The maximum absolute atomic E-state index is 12.2. The van der Waals surface area contributed by atoms with Crippen LogP contribution in [0.4, 0.5) is 0 Å². The third-order valence-corrected chi connectivity index (χ3v) is 4.03. The van der Waals surface area contributed by atoms with Crippen molar-refractivity contribution >= 4 is 22.6 Å². The summed E-state index contributed by atoms with van der Waals surface area (Å²) in [5.41, 5.74) is 5.46. The zero-order valence-electron chi connectivity index (χ0n) is 15.1. The largest absolute Gasteiger partial charge is 0.497 e. The van der Waals surface area contributed by atoms with E-state index in [0.29, 0.717) is 0 Å². The number of rotatable bonds is 8. The van der Waals surface area contributed by atoms with Crippen LogP contribution < -0.4 is 15.6 Å². The lowest BCUT2D eigenvalue weighted by molar-refractivity contribution is -0.757. The Morgan fingerprint density at radius 1 is 1.15 bits per heavy atom. The lowest BCUT2D eigenvalue weighted by Gasteiger charge is -2.14. The van der Waals surface area contributed by atoms with Crippen LogP contribution in [0.1, 0.15) is 31.2 Å². The van der Waals surface area contributed by atoms with Crippen LogP contribution in [0.3, 0.4) is 0 Å². The van der Waals surface area contributed by atoms with Crippen molar-refractivity contribution in [3.8, 4) is 5.75 Å². The molecular weight excluding hydrogens is 354 g/mol. The first-order valence-corrected chi connectivity index (χ1v) is 8.34. The molecule has 27 heavy (non-hydrogen) atoms. The van der Waals surface area contributed by atoms with Gasteiger partial charge in [0.25, 0.3) is 5.09 Å². The van der Waals surface area contributed by atoms with E-state index in [9.17, 15) is 19.7 Å². The van der Waals surface area contributed by atoms with Crippen LogP contribution in [0, 0.1) is 10.1 Å². The number of nitrogens with one attached hydrogen (secondary N) is 2. The number of hydrogen-bond donors (Lipinski definition) is 2. The average molecular weight is 375 g/mol. The third kappa shape index (κ3) is 5.84. The second kappa shape index (κ2) is 9.37. The molecule has 2 aromatic rings. The molecule has 2 N–H and O–H groups in total. The molecule has 2 amide bonds. The first-order valence-electron chi connectivity index (χ1n) is 8.34. The van der Waals surface area contributed by atoms with Crippen molar-refractivity contribution in [2.24, 2.45) is 0 Å². The Morgan fingerprint density at radius 2 is 1.85 bits per heavy atom. The Bertz CT molecular complexity index is 839. The molecule has 0 spiro atoms. The van der Waals surface area contributed by atoms with E-state index in [1.807, 2.05) is 36.4 Å². The summed E-state index contributed by atoms with van der Waals surface area (Å²) in [6.45, 7) is 1.56. The molecule has 0 aliphatic carbocycles. The zero-order chi connectivity index (χ0) is 19.8. The number of methoxy groups -OCH3 is 1. The van der Waals surface area contributed by atoms with Gasteiger partial charge in [-0.1, -0.05) is 24.3 Å². The highest BCUT2D eigenvalue weighted by molar-refractivity contribution is 5.89. The van der Waals surface area contributed by atoms with Crippen molar-refractivity contribution in [1.82, 2.24) is 10.9 Å². The summed E-state index contributed by atoms with van der Waals surface area (Å²) in [5.74, 6) is -0.534. The second-order valence-corrected chi connectivity index (χ2v) is 5.89. The first-order chi connectivity index (χ1) is 12.9. The minimum atomic E-state index is -0.916. The summed E-state index contributed by atoms with van der Waals surface area (Å²) in [4.78, 5) is 38.0. The van der Waals surface area contributed by atoms with Crippen LogP contribution in [0.2, 0.25) is 0 Å². The third-order valence-electron chi connectivity index (χ3n) is 4.03. The van der Waals surface area contributed by atoms with Gasteiger partial charge < -0.3 is 9.57 Å². The van der Waals surface area contributed by atoms with Crippen LogP contribution in [-0.2, 0) is 14.4 Å². The Kier molecular flexibility index (Phi) is 6.93. The number of nitrogens with zero attached hydrogens (tertiary/aromatic N) is 1. The van der Waals surface area contributed by atoms with Gasteiger partial charge in [-0.2, -0.15) is 0 Å². The van der Waals surface area contributed by atoms with Crippen molar-refractivity contribution in [3.63, 3.8) is 0 Å². The molecule has 0 aromatic heterocycles. The summed E-state index contributed by atoms with van der Waals surface area (Å²) in [6, 6.07) is 11.3. The monoisotopic (exact) mass is 375 g/mol. The van der Waals surface area contributed by atoms with Gasteiger partial charge >= 0.3 is 0 Å². The van der Waals surface area contributed by atoms with Gasteiger partial charge in [0.05, 0.1) is 19.6 Å². The average Bonchev–Trinajstić information content (AvgIpc) is 2.67. The quantitative estimate of drug-likeness (QED) is 0.414. The number of carbonyl (C=O) groups is 2. The topological polar surface area (TPSA) is 120 Å². The fraction of sp³-hybridized carbons (Fsp3) is 0.333. The van der Waals surface area contributed by atoms with Crippen molar-refractivity contribution in [1.29, 1.82) is 0 Å². The molecule has 2 rings (SSSR count). The van der Waals surface area contributed by atoms with E-state index >= 15 is 0 Å². The molecule has 9 heteroatoms. The number of benzene rings is 2. The van der Waals surface area contributed by atoms with E-state index in [-0.39, 0.29) is 25.4 Å². The van der Waals surface area contributed by atoms with Gasteiger partial charge in [0.15, 0.2) is 0 Å². The molecule has 0 radical (unpaired) electrons. The number of hydrazine groups is 1. The maximum Gasteiger partial charge on any atom is 0.294 e. The summed E-state index contributed by atoms with van der Waals surface area (Å²) in [7, 11) is 1.60. The Morgan fingerprint density at radius 3 is 2.56 bits per heavy atom. The van der Waals surface area contributed by atoms with Gasteiger partial charge in [0.1, 0.15) is 5.75 Å². The number of carbonyl (C=O) groups excluding carboxylic acids is 2. The normalized spacial score (nSPS) is 11.5. The van der Waals surface area contributed by atoms with Gasteiger partial charge in [-0.3, -0.25) is 20.4 Å². The first kappa shape index (κ1) is 20.0. The molecule has 0 fully saturated rings. The lowest BCUT2D eigenvalue weighted by atomic mass is 9.97. The Balaban J connectivity index is 1.88. The molecule has 0 bridgehead atoms. The fourth-order valence-corrected chi connectivity index (χ4v) is 2.46. The lowest BCUT2D eigenvalue weighted by Crippen LogP contribution is -2.43. The number of fused-ring (bicyclic) bond motifs is 1. The second-order valence-electron chi connectivity index (χ2n) is 5.89. The number of ether oxygens (including phenoxy) is 1. The molecule has 0 aliphatic heterocycles. The molecular formula is C18H21N3O6. The van der Waals surface area contributed by atoms with Crippen LogP contribution in [0.15, 0.2) is 36.4 Å². The van der Waals surface area contributed by atoms with Crippen molar-refractivity contribution in [2.45, 2.75) is 25.7 Å². The molecule has 0 saturated heterocycles. The van der Waals surface area contributed by atoms with E-state index in [0.717, 1.165) is 22.1 Å². The van der Waals surface area contributed by atoms with Gasteiger partial charge in [-0.15, -0.1) is 10.1 Å². The Hall–Kier alpha value is -3.36. The molecule has 0 saturated carbocycles. The van der Waals surface area contributed by atoms with Crippen LogP contribution >= 0.6 is 0 Å². The van der Waals surface area contributed by atoms with Gasteiger partial charge in [-0.25, -0.2) is 0 Å². The molecule has 0 heterocycles. The van der Waals surface area contributed by atoms with Crippen LogP contribution in [0.25, 0.3) is 10.8 Å². The van der Waals surface area contributed by atoms with Crippen LogP contribution in [0.5, 0.6) is 5.75 Å². The summed E-state index contributed by atoms with van der Waals surface area (Å²) in [6.07, 6.45) is 0.173. The van der Waals surface area contributed by atoms with Gasteiger partial charge in [-0.05, 0) is 41.8 Å².